The van der Waals surface area contributed by atoms with Crippen molar-refractivity contribution in [3.63, 3.8) is 0 Å². The summed E-state index contributed by atoms with van der Waals surface area (Å²) < 4.78 is 5.51. The molecule has 1 atom stereocenters. The third-order valence-electron chi connectivity index (χ3n) is 4.69. The molecule has 2 N–H and O–H groups in total. The molecule has 0 saturated carbocycles. The number of carbonyl (C=O) groups is 1. The first-order valence-corrected chi connectivity index (χ1v) is 8.98. The van der Waals surface area contributed by atoms with Crippen LogP contribution in [-0.4, -0.2) is 55.7 Å². The van der Waals surface area contributed by atoms with Crippen LogP contribution >= 0.6 is 0 Å². The van der Waals surface area contributed by atoms with Crippen molar-refractivity contribution in [1.29, 1.82) is 0 Å². The highest BCUT2D eigenvalue weighted by Gasteiger charge is 2.23. The zero-order valence-electron chi connectivity index (χ0n) is 15.4. The largest absolute Gasteiger partial charge is 0.379 e. The molecule has 1 aliphatic heterocycles. The van der Waals surface area contributed by atoms with Crippen LogP contribution in [-0.2, 0) is 4.74 Å². The molecule has 1 aromatic heterocycles. The minimum absolute atomic E-state index is 0.140. The number of anilines is 1. The number of pyridine rings is 1. The molecule has 2 heterocycles. The van der Waals surface area contributed by atoms with Gasteiger partial charge in [0.05, 0.1) is 24.8 Å². The average Bonchev–Trinajstić information content (AvgIpc) is 2.70. The van der Waals surface area contributed by atoms with Gasteiger partial charge in [-0.1, -0.05) is 29.8 Å². The number of hydrogen-bond acceptors (Lipinski definition) is 5. The first-order valence-electron chi connectivity index (χ1n) is 8.98. The molecule has 26 heavy (non-hydrogen) atoms. The van der Waals surface area contributed by atoms with Crippen molar-refractivity contribution in [2.75, 3.05) is 45.2 Å². The highest BCUT2D eigenvalue weighted by Crippen LogP contribution is 2.23. The molecular formula is C20H26N4O2. The Kier molecular flexibility index (Phi) is 6.20. The Labute approximate surface area is 154 Å². The van der Waals surface area contributed by atoms with Crippen LogP contribution in [0.2, 0.25) is 0 Å². The number of nitrogens with one attached hydrogen (secondary N) is 2. The molecule has 0 radical (unpaired) electrons. The first-order chi connectivity index (χ1) is 12.7. The van der Waals surface area contributed by atoms with E-state index in [4.69, 9.17) is 4.74 Å². The van der Waals surface area contributed by atoms with Crippen LogP contribution in [0.5, 0.6) is 0 Å². The van der Waals surface area contributed by atoms with E-state index in [1.54, 1.807) is 25.4 Å². The van der Waals surface area contributed by atoms with Gasteiger partial charge in [-0.2, -0.15) is 0 Å². The number of aromatic nitrogens is 1. The van der Waals surface area contributed by atoms with Gasteiger partial charge in [-0.25, -0.2) is 4.98 Å². The molecule has 138 valence electrons. The summed E-state index contributed by atoms with van der Waals surface area (Å²) in [6.45, 7) is 6.04. The maximum atomic E-state index is 12.1. The summed E-state index contributed by atoms with van der Waals surface area (Å²) in [5.41, 5.74) is 3.05. The fraction of sp³-hybridized carbons (Fsp3) is 0.400. The van der Waals surface area contributed by atoms with Gasteiger partial charge in [0.2, 0.25) is 0 Å². The third-order valence-corrected chi connectivity index (χ3v) is 4.69. The molecule has 0 bridgehead atoms. The van der Waals surface area contributed by atoms with Crippen molar-refractivity contribution in [3.05, 3.63) is 59.3 Å². The zero-order valence-corrected chi connectivity index (χ0v) is 15.4. The maximum Gasteiger partial charge on any atom is 0.254 e. The number of benzene rings is 1. The topological polar surface area (TPSA) is 66.5 Å². The van der Waals surface area contributed by atoms with Crippen LogP contribution in [0, 0.1) is 6.92 Å². The lowest BCUT2D eigenvalue weighted by Crippen LogP contribution is -2.41. The lowest BCUT2D eigenvalue weighted by molar-refractivity contribution is 0.0187. The van der Waals surface area contributed by atoms with Gasteiger partial charge in [0, 0.05) is 32.9 Å². The number of amides is 1. The predicted octanol–water partition coefficient (Wildman–Crippen LogP) is 2.24. The standard InChI is InChI=1S/C20H26N4O2/c1-15-5-7-16(8-6-15)18(24-10-12-26-13-11-24)14-23-19-17(20(25)21-2)4-3-9-22-19/h3-9,18H,10-14H2,1-2H3,(H,21,25)(H,22,23). The summed E-state index contributed by atoms with van der Waals surface area (Å²) in [7, 11) is 1.63. The summed E-state index contributed by atoms with van der Waals surface area (Å²) in [5, 5.41) is 6.05. The number of hydrogen-bond donors (Lipinski definition) is 2. The highest BCUT2D eigenvalue weighted by molar-refractivity contribution is 5.98. The van der Waals surface area contributed by atoms with Crippen molar-refractivity contribution < 1.29 is 9.53 Å². The van der Waals surface area contributed by atoms with Gasteiger partial charge in [-0.05, 0) is 24.6 Å². The highest BCUT2D eigenvalue weighted by atomic mass is 16.5. The molecule has 6 heteroatoms. The molecule has 0 aliphatic carbocycles. The second-order valence-corrected chi connectivity index (χ2v) is 6.43. The molecule has 0 spiro atoms. The third kappa shape index (κ3) is 4.39. The minimum Gasteiger partial charge on any atom is -0.379 e. The molecule has 1 amide bonds. The number of carbonyl (C=O) groups excluding carboxylic acids is 1. The molecule has 6 nitrogen and oxygen atoms in total. The number of ether oxygens (including phenoxy) is 1. The van der Waals surface area contributed by atoms with E-state index in [0.717, 1.165) is 26.3 Å². The molecule has 1 fully saturated rings. The lowest BCUT2D eigenvalue weighted by Gasteiger charge is -2.35. The summed E-state index contributed by atoms with van der Waals surface area (Å²) >= 11 is 0. The molecule has 3 rings (SSSR count). The van der Waals surface area contributed by atoms with E-state index in [1.165, 1.54) is 11.1 Å². The van der Waals surface area contributed by atoms with Gasteiger partial charge < -0.3 is 15.4 Å². The molecule has 1 aromatic carbocycles. The number of rotatable bonds is 6. The fourth-order valence-corrected chi connectivity index (χ4v) is 3.19. The number of aryl methyl sites for hydroxylation is 1. The average molecular weight is 354 g/mol. The summed E-state index contributed by atoms with van der Waals surface area (Å²) in [5.74, 6) is 0.469. The number of nitrogens with zero attached hydrogens (tertiary/aromatic N) is 2. The van der Waals surface area contributed by atoms with Gasteiger partial charge >= 0.3 is 0 Å². The van der Waals surface area contributed by atoms with Gasteiger partial charge in [0.1, 0.15) is 5.82 Å². The van der Waals surface area contributed by atoms with E-state index in [9.17, 15) is 4.79 Å². The molecule has 1 aliphatic rings. The van der Waals surface area contributed by atoms with E-state index in [-0.39, 0.29) is 11.9 Å². The summed E-state index contributed by atoms with van der Waals surface area (Å²) in [6, 6.07) is 12.4. The molecule has 1 unspecified atom stereocenters. The lowest BCUT2D eigenvalue weighted by atomic mass is 10.0. The Morgan fingerprint density at radius 1 is 1.23 bits per heavy atom. The second kappa shape index (κ2) is 8.78. The Hall–Kier alpha value is -2.44. The molecule has 1 saturated heterocycles. The van der Waals surface area contributed by atoms with E-state index in [2.05, 4.69) is 51.7 Å². The van der Waals surface area contributed by atoms with Gasteiger partial charge in [-0.3, -0.25) is 9.69 Å². The van der Waals surface area contributed by atoms with Gasteiger partial charge in [-0.15, -0.1) is 0 Å². The number of morpholine rings is 1. The van der Waals surface area contributed by atoms with Gasteiger partial charge in [0.15, 0.2) is 0 Å². The van der Waals surface area contributed by atoms with Crippen LogP contribution in [0.1, 0.15) is 27.5 Å². The van der Waals surface area contributed by atoms with Crippen molar-refractivity contribution in [3.8, 4) is 0 Å². The van der Waals surface area contributed by atoms with Crippen molar-refractivity contribution in [2.24, 2.45) is 0 Å². The summed E-state index contributed by atoms with van der Waals surface area (Å²) in [6.07, 6.45) is 1.70. The van der Waals surface area contributed by atoms with Crippen LogP contribution < -0.4 is 10.6 Å². The van der Waals surface area contributed by atoms with Gasteiger partial charge in [0.25, 0.3) is 5.91 Å². The molecule has 2 aromatic rings. The summed E-state index contributed by atoms with van der Waals surface area (Å²) in [4.78, 5) is 18.8. The van der Waals surface area contributed by atoms with E-state index >= 15 is 0 Å². The second-order valence-electron chi connectivity index (χ2n) is 6.43. The van der Waals surface area contributed by atoms with Crippen LogP contribution in [0.4, 0.5) is 5.82 Å². The van der Waals surface area contributed by atoms with Crippen LogP contribution in [0.3, 0.4) is 0 Å². The Bertz CT molecular complexity index is 727. The van der Waals surface area contributed by atoms with Crippen molar-refractivity contribution in [2.45, 2.75) is 13.0 Å². The van der Waals surface area contributed by atoms with E-state index in [1.807, 2.05) is 0 Å². The fourth-order valence-electron chi connectivity index (χ4n) is 3.19. The Balaban J connectivity index is 1.80. The molecular weight excluding hydrogens is 328 g/mol. The smallest absolute Gasteiger partial charge is 0.254 e. The van der Waals surface area contributed by atoms with Crippen molar-refractivity contribution in [1.82, 2.24) is 15.2 Å². The van der Waals surface area contributed by atoms with E-state index < -0.39 is 0 Å². The van der Waals surface area contributed by atoms with Crippen LogP contribution in [0.25, 0.3) is 0 Å². The van der Waals surface area contributed by atoms with E-state index in [0.29, 0.717) is 17.9 Å². The predicted molar refractivity (Wildman–Crippen MR) is 102 cm³/mol. The normalized spacial score (nSPS) is 16.1. The zero-order chi connectivity index (χ0) is 18.4. The minimum atomic E-state index is -0.140. The maximum absolute atomic E-state index is 12.1. The first kappa shape index (κ1) is 18.4. The quantitative estimate of drug-likeness (QED) is 0.833. The Morgan fingerprint density at radius 3 is 2.65 bits per heavy atom. The monoisotopic (exact) mass is 354 g/mol. The van der Waals surface area contributed by atoms with Crippen LogP contribution in [0.15, 0.2) is 42.6 Å². The Morgan fingerprint density at radius 2 is 1.96 bits per heavy atom. The van der Waals surface area contributed by atoms with Crippen molar-refractivity contribution >= 4 is 11.7 Å². The SMILES string of the molecule is CNC(=O)c1cccnc1NCC(c1ccc(C)cc1)N1CCOCC1.